The Balaban J connectivity index is -0.0000000150. The molecule has 0 bridgehead atoms. The molecule has 0 radical (unpaired) electrons. The van der Waals surface area contributed by atoms with E-state index < -0.39 is 6.16 Å². The molecular weight excluding hydrogens is 111 g/mol. The number of carboxylic acid groups (broad SMARTS) is 2. The first-order valence-electron chi connectivity index (χ1n) is 0.651. The molecule has 0 unspecified atom stereocenters. The van der Waals surface area contributed by atoms with Crippen LogP contribution in [0.1, 0.15) is 0 Å². The maximum absolute atomic E-state index is 8.56. The van der Waals surface area contributed by atoms with Gasteiger partial charge in [-0.2, -0.15) is 0 Å². The van der Waals surface area contributed by atoms with E-state index in [0.717, 1.165) is 0 Å². The van der Waals surface area contributed by atoms with Gasteiger partial charge in [-0.15, -0.1) is 0 Å². The summed E-state index contributed by atoms with van der Waals surface area (Å²) in [6.07, 6.45) is -1.83. The van der Waals surface area contributed by atoms with Gasteiger partial charge in [0.15, 0.2) is 0 Å². The van der Waals surface area contributed by atoms with Gasteiger partial charge in [-0.25, -0.2) is 4.79 Å². The van der Waals surface area contributed by atoms with Crippen molar-refractivity contribution in [3.63, 3.8) is 0 Å². The van der Waals surface area contributed by atoms with Crippen LogP contribution in [0, 0.1) is 0 Å². The first-order chi connectivity index (χ1) is 1.73. The van der Waals surface area contributed by atoms with Gasteiger partial charge in [0.1, 0.15) is 0 Å². The van der Waals surface area contributed by atoms with Crippen LogP contribution in [0.3, 0.4) is 0 Å². The van der Waals surface area contributed by atoms with Crippen LogP contribution in [-0.2, 0) is 0 Å². The molecule has 0 aliphatic carbocycles. The third-order valence-electron chi connectivity index (χ3n) is 0. The van der Waals surface area contributed by atoms with Crippen LogP contribution < -0.4 is 12.3 Å². The predicted octanol–water partition coefficient (Wildman–Crippen LogP) is -0.102. The van der Waals surface area contributed by atoms with E-state index in [1.807, 2.05) is 0 Å². The summed E-state index contributed by atoms with van der Waals surface area (Å²) in [6, 6.07) is 0. The van der Waals surface area contributed by atoms with Crippen molar-refractivity contribution in [3.8, 4) is 0 Å². The summed E-state index contributed by atoms with van der Waals surface area (Å²) in [4.78, 5) is 8.56. The van der Waals surface area contributed by atoms with E-state index in [4.69, 9.17) is 15.0 Å². The average Bonchev–Trinajstić information content (AvgIpc) is 0.811. The van der Waals surface area contributed by atoms with Crippen molar-refractivity contribution in [1.82, 2.24) is 12.3 Å². The Hall–Kier alpha value is 0.190. The molecule has 7 heavy (non-hydrogen) atoms. The normalized spacial score (nSPS) is 3.43. The van der Waals surface area contributed by atoms with E-state index in [1.54, 1.807) is 0 Å². The number of hydrogen-bond acceptors (Lipinski definition) is 3. The van der Waals surface area contributed by atoms with Crippen molar-refractivity contribution in [2.45, 2.75) is 0 Å². The van der Waals surface area contributed by atoms with Gasteiger partial charge in [0, 0.05) is 0 Å². The molecule has 0 saturated heterocycles. The Bertz CT molecular complexity index is 35.9. The Morgan fingerprint density at radius 2 is 1.14 bits per heavy atom. The summed E-state index contributed by atoms with van der Waals surface area (Å²) >= 11 is 0. The fraction of sp³-hybridized carbons (Fsp3) is 0. The SMILES string of the molecule is N.N.O=C(O)O.[NaH]. The Morgan fingerprint density at radius 1 is 1.14 bits per heavy atom. The molecule has 0 spiro atoms. The molecule has 0 rings (SSSR count). The van der Waals surface area contributed by atoms with Gasteiger partial charge < -0.3 is 22.5 Å². The summed E-state index contributed by atoms with van der Waals surface area (Å²) in [5.41, 5.74) is 0. The maximum atomic E-state index is 8.56. The first kappa shape index (κ1) is 27.1. The minimum absolute atomic E-state index is 0. The third-order valence-corrected chi connectivity index (χ3v) is 0. The molecule has 0 fully saturated rings. The molecule has 0 heterocycles. The van der Waals surface area contributed by atoms with Crippen molar-refractivity contribution in [2.75, 3.05) is 0 Å². The Morgan fingerprint density at radius 3 is 1.14 bits per heavy atom. The molecule has 0 atom stereocenters. The van der Waals surface area contributed by atoms with Crippen LogP contribution in [0.2, 0.25) is 0 Å². The van der Waals surface area contributed by atoms with Gasteiger partial charge in [0.05, 0.1) is 0 Å². The first-order valence-corrected chi connectivity index (χ1v) is 0.651. The summed E-state index contributed by atoms with van der Waals surface area (Å²) in [5.74, 6) is 0. The van der Waals surface area contributed by atoms with Crippen LogP contribution >= 0.6 is 0 Å². The summed E-state index contributed by atoms with van der Waals surface area (Å²) in [6.45, 7) is 0. The van der Waals surface area contributed by atoms with Crippen LogP contribution in [0.15, 0.2) is 0 Å². The fourth-order valence-corrected chi connectivity index (χ4v) is 0. The summed E-state index contributed by atoms with van der Waals surface area (Å²) < 4.78 is 0. The van der Waals surface area contributed by atoms with Crippen LogP contribution in [0.5, 0.6) is 0 Å². The molecule has 0 aliphatic heterocycles. The van der Waals surface area contributed by atoms with Gasteiger partial charge in [0.25, 0.3) is 0 Å². The fourth-order valence-electron chi connectivity index (χ4n) is 0. The Kier molecular flexibility index (Phi) is 63.4. The van der Waals surface area contributed by atoms with Crippen molar-refractivity contribution in [3.05, 3.63) is 0 Å². The topological polar surface area (TPSA) is 128 Å². The molecule has 0 aromatic heterocycles. The van der Waals surface area contributed by atoms with Gasteiger partial charge in [0.2, 0.25) is 0 Å². The molecule has 0 aliphatic rings. The standard InChI is InChI=1S/CH2O3.2H3N.Na.H/c2-1(3)4;;;;/h(H2,2,3,4);2*1H3;;. The quantitative estimate of drug-likeness (QED) is 0.332. The molecule has 42 valence electrons. The summed E-state index contributed by atoms with van der Waals surface area (Å²) in [5, 5.41) is 13.9. The van der Waals surface area contributed by atoms with E-state index in [-0.39, 0.29) is 41.9 Å². The molecule has 0 amide bonds. The zero-order chi connectivity index (χ0) is 3.58. The van der Waals surface area contributed by atoms with Gasteiger partial charge in [-0.05, 0) is 0 Å². The number of rotatable bonds is 0. The summed E-state index contributed by atoms with van der Waals surface area (Å²) in [7, 11) is 0. The molecule has 6 heteroatoms. The zero-order valence-corrected chi connectivity index (χ0v) is 3.22. The van der Waals surface area contributed by atoms with E-state index in [9.17, 15) is 0 Å². The monoisotopic (exact) mass is 120 g/mol. The Labute approximate surface area is 63.2 Å². The number of carbonyl (C=O) groups is 1. The van der Waals surface area contributed by atoms with Crippen molar-refractivity contribution in [2.24, 2.45) is 0 Å². The van der Waals surface area contributed by atoms with Crippen LogP contribution in [0.4, 0.5) is 4.79 Å². The zero-order valence-electron chi connectivity index (χ0n) is 3.22. The molecule has 5 nitrogen and oxygen atoms in total. The number of hydrogen-bond donors (Lipinski definition) is 4. The van der Waals surface area contributed by atoms with Gasteiger partial charge in [-0.3, -0.25) is 0 Å². The van der Waals surface area contributed by atoms with Crippen molar-refractivity contribution >= 4 is 35.7 Å². The van der Waals surface area contributed by atoms with Crippen LogP contribution in [-0.4, -0.2) is 45.9 Å². The second kappa shape index (κ2) is 16.4. The molecule has 0 saturated carbocycles. The molecule has 0 aromatic carbocycles. The van der Waals surface area contributed by atoms with E-state index in [1.165, 1.54) is 0 Å². The predicted molar refractivity (Wildman–Crippen MR) is 27.8 cm³/mol. The van der Waals surface area contributed by atoms with Crippen LogP contribution in [0.25, 0.3) is 0 Å². The second-order valence-electron chi connectivity index (χ2n) is 0.283. The van der Waals surface area contributed by atoms with E-state index in [0.29, 0.717) is 0 Å². The molecule has 0 aromatic rings. The minimum atomic E-state index is -1.83. The molecular formula is CH9N2NaO3. The third kappa shape index (κ3) is 3010. The van der Waals surface area contributed by atoms with E-state index in [2.05, 4.69) is 0 Å². The van der Waals surface area contributed by atoms with Gasteiger partial charge in [-0.1, -0.05) is 0 Å². The second-order valence-corrected chi connectivity index (χ2v) is 0.283. The average molecular weight is 120 g/mol. The van der Waals surface area contributed by atoms with Gasteiger partial charge >= 0.3 is 35.7 Å². The molecule has 8 N–H and O–H groups in total. The van der Waals surface area contributed by atoms with Crippen molar-refractivity contribution < 1.29 is 15.0 Å². The van der Waals surface area contributed by atoms with E-state index >= 15 is 0 Å². The van der Waals surface area contributed by atoms with Crippen molar-refractivity contribution in [1.29, 1.82) is 0 Å².